The van der Waals surface area contributed by atoms with E-state index in [0.717, 1.165) is 0 Å². The number of ether oxygens (including phenoxy) is 1. The molecule has 1 saturated heterocycles. The zero-order valence-corrected chi connectivity index (χ0v) is 14.0. The molecule has 0 bridgehead atoms. The van der Waals surface area contributed by atoms with Crippen molar-refractivity contribution in [1.82, 2.24) is 4.90 Å². The van der Waals surface area contributed by atoms with Crippen molar-refractivity contribution in [3.63, 3.8) is 0 Å². The van der Waals surface area contributed by atoms with Crippen LogP contribution in [0, 0.1) is 5.92 Å². The molecule has 1 aliphatic heterocycles. The summed E-state index contributed by atoms with van der Waals surface area (Å²) in [5.74, 6) is 0.255. The van der Waals surface area contributed by atoms with Crippen LogP contribution in [0.5, 0.6) is 0 Å². The van der Waals surface area contributed by atoms with Gasteiger partial charge in [-0.25, -0.2) is 4.79 Å². The van der Waals surface area contributed by atoms with Gasteiger partial charge < -0.3 is 9.64 Å². The first kappa shape index (κ1) is 16.5. The monoisotopic (exact) mass is 333 g/mol. The maximum Gasteiger partial charge on any atom is 0.410 e. The SMILES string of the molecule is CC(C)(C)OC(=O)N1CCC(C(=O)CBr)CC1(C)C. The van der Waals surface area contributed by atoms with Crippen molar-refractivity contribution in [3.05, 3.63) is 0 Å². The third kappa shape index (κ3) is 4.48. The summed E-state index contributed by atoms with van der Waals surface area (Å²) in [7, 11) is 0. The number of carbonyl (C=O) groups excluding carboxylic acids is 2. The fourth-order valence-corrected chi connectivity index (χ4v) is 2.90. The van der Waals surface area contributed by atoms with E-state index in [2.05, 4.69) is 15.9 Å². The molecule has 0 aromatic carbocycles. The minimum Gasteiger partial charge on any atom is -0.444 e. The summed E-state index contributed by atoms with van der Waals surface area (Å²) in [4.78, 5) is 25.7. The number of alkyl halides is 1. The lowest BCUT2D eigenvalue weighted by molar-refractivity contribution is -0.123. The largest absolute Gasteiger partial charge is 0.444 e. The molecular formula is C14H24BrNO3. The van der Waals surface area contributed by atoms with Gasteiger partial charge in [0.1, 0.15) is 11.4 Å². The maximum absolute atomic E-state index is 12.2. The van der Waals surface area contributed by atoms with Crippen LogP contribution in [0.25, 0.3) is 0 Å². The van der Waals surface area contributed by atoms with Gasteiger partial charge in [0.15, 0.2) is 0 Å². The number of rotatable bonds is 2. The molecule has 1 aliphatic rings. The second kappa shape index (κ2) is 5.81. The van der Waals surface area contributed by atoms with Crippen LogP contribution in [0.15, 0.2) is 0 Å². The van der Waals surface area contributed by atoms with Crippen molar-refractivity contribution in [3.8, 4) is 0 Å². The highest BCUT2D eigenvalue weighted by atomic mass is 79.9. The average Bonchev–Trinajstić information content (AvgIpc) is 2.23. The van der Waals surface area contributed by atoms with Crippen molar-refractivity contribution >= 4 is 27.8 Å². The van der Waals surface area contributed by atoms with Crippen molar-refractivity contribution in [2.24, 2.45) is 5.92 Å². The molecule has 0 N–H and O–H groups in total. The zero-order chi connectivity index (χ0) is 14.8. The Hall–Kier alpha value is -0.580. The number of halogens is 1. The molecule has 0 aromatic rings. The quantitative estimate of drug-likeness (QED) is 0.728. The third-order valence-corrected chi connectivity index (χ3v) is 3.93. The smallest absolute Gasteiger partial charge is 0.410 e. The lowest BCUT2D eigenvalue weighted by Gasteiger charge is -2.45. The van der Waals surface area contributed by atoms with Gasteiger partial charge in [0.05, 0.1) is 5.33 Å². The van der Waals surface area contributed by atoms with Gasteiger partial charge in [-0.05, 0) is 47.5 Å². The van der Waals surface area contributed by atoms with Crippen LogP contribution in [0.1, 0.15) is 47.5 Å². The molecule has 1 unspecified atom stereocenters. The molecule has 0 spiro atoms. The standard InChI is InChI=1S/C14H24BrNO3/c1-13(2,3)19-12(18)16-7-6-10(11(17)9-15)8-14(16,4)5/h10H,6-9H2,1-5H3. The predicted molar refractivity (Wildman–Crippen MR) is 78.5 cm³/mol. The lowest BCUT2D eigenvalue weighted by atomic mass is 9.81. The highest BCUT2D eigenvalue weighted by Gasteiger charge is 2.41. The second-order valence-electron chi connectivity index (χ2n) is 6.73. The summed E-state index contributed by atoms with van der Waals surface area (Å²) in [6, 6.07) is 0. The Morgan fingerprint density at radius 3 is 2.37 bits per heavy atom. The van der Waals surface area contributed by atoms with Gasteiger partial charge in [0, 0.05) is 18.0 Å². The Kier molecular flexibility index (Phi) is 5.04. The van der Waals surface area contributed by atoms with E-state index < -0.39 is 5.60 Å². The highest BCUT2D eigenvalue weighted by molar-refractivity contribution is 9.09. The van der Waals surface area contributed by atoms with E-state index >= 15 is 0 Å². The number of hydrogen-bond acceptors (Lipinski definition) is 3. The first-order chi connectivity index (χ1) is 8.57. The number of amides is 1. The van der Waals surface area contributed by atoms with E-state index in [-0.39, 0.29) is 23.3 Å². The molecule has 0 saturated carbocycles. The van der Waals surface area contributed by atoms with E-state index in [1.54, 1.807) is 4.90 Å². The Bertz CT molecular complexity index is 360. The van der Waals surface area contributed by atoms with Gasteiger partial charge in [-0.3, -0.25) is 4.79 Å². The van der Waals surface area contributed by atoms with E-state index in [1.807, 2.05) is 34.6 Å². The maximum atomic E-state index is 12.2. The van der Waals surface area contributed by atoms with Crippen molar-refractivity contribution in [2.75, 3.05) is 11.9 Å². The van der Waals surface area contributed by atoms with Crippen LogP contribution in [0.3, 0.4) is 0 Å². The molecule has 1 fully saturated rings. The second-order valence-corrected chi connectivity index (χ2v) is 7.29. The number of nitrogens with zero attached hydrogens (tertiary/aromatic N) is 1. The van der Waals surface area contributed by atoms with Gasteiger partial charge in [-0.2, -0.15) is 0 Å². The number of likely N-dealkylation sites (tertiary alicyclic amines) is 1. The van der Waals surface area contributed by atoms with Crippen molar-refractivity contribution < 1.29 is 14.3 Å². The Balaban J connectivity index is 2.74. The molecular weight excluding hydrogens is 310 g/mol. The van der Waals surface area contributed by atoms with E-state index in [9.17, 15) is 9.59 Å². The Morgan fingerprint density at radius 1 is 1.37 bits per heavy atom. The molecule has 0 aromatic heterocycles. The van der Waals surface area contributed by atoms with Crippen LogP contribution in [0.2, 0.25) is 0 Å². The summed E-state index contributed by atoms with van der Waals surface area (Å²) >= 11 is 3.22. The van der Waals surface area contributed by atoms with Crippen molar-refractivity contribution in [1.29, 1.82) is 0 Å². The lowest BCUT2D eigenvalue weighted by Crippen LogP contribution is -2.55. The normalized spacial score (nSPS) is 23.1. The zero-order valence-electron chi connectivity index (χ0n) is 12.5. The molecule has 1 amide bonds. The van der Waals surface area contributed by atoms with Crippen LogP contribution in [0.4, 0.5) is 4.79 Å². The Morgan fingerprint density at radius 2 is 1.95 bits per heavy atom. The summed E-state index contributed by atoms with van der Waals surface area (Å²) in [6.07, 6.45) is 1.12. The summed E-state index contributed by atoms with van der Waals surface area (Å²) in [5, 5.41) is 0.389. The molecule has 1 rings (SSSR count). The number of Topliss-reactive ketones (excluding diaryl/α,β-unsaturated/α-hetero) is 1. The minimum atomic E-state index is -0.490. The molecule has 110 valence electrons. The van der Waals surface area contributed by atoms with Crippen LogP contribution < -0.4 is 0 Å². The van der Waals surface area contributed by atoms with E-state index in [0.29, 0.717) is 24.7 Å². The highest BCUT2D eigenvalue weighted by Crippen LogP contribution is 2.33. The van der Waals surface area contributed by atoms with Gasteiger partial charge in [0.2, 0.25) is 0 Å². The van der Waals surface area contributed by atoms with Crippen LogP contribution in [-0.4, -0.2) is 39.8 Å². The molecule has 4 nitrogen and oxygen atoms in total. The Labute approximate surface area is 124 Å². The van der Waals surface area contributed by atoms with Gasteiger partial charge >= 0.3 is 6.09 Å². The molecule has 1 heterocycles. The summed E-state index contributed by atoms with van der Waals surface area (Å²) in [6.45, 7) is 10.1. The topological polar surface area (TPSA) is 46.6 Å². The first-order valence-corrected chi connectivity index (χ1v) is 7.78. The number of carbonyl (C=O) groups is 2. The van der Waals surface area contributed by atoms with Crippen LogP contribution in [-0.2, 0) is 9.53 Å². The van der Waals surface area contributed by atoms with Crippen molar-refractivity contribution in [2.45, 2.75) is 58.6 Å². The molecule has 0 aliphatic carbocycles. The summed E-state index contributed by atoms with van der Waals surface area (Å²) in [5.41, 5.74) is -0.835. The van der Waals surface area contributed by atoms with Gasteiger partial charge in [-0.1, -0.05) is 15.9 Å². The van der Waals surface area contributed by atoms with Crippen LogP contribution >= 0.6 is 15.9 Å². The number of ketones is 1. The van der Waals surface area contributed by atoms with E-state index in [4.69, 9.17) is 4.74 Å². The predicted octanol–water partition coefficient (Wildman–Crippen LogP) is 3.38. The number of hydrogen-bond donors (Lipinski definition) is 0. The van der Waals surface area contributed by atoms with Gasteiger partial charge in [0.25, 0.3) is 0 Å². The first-order valence-electron chi connectivity index (χ1n) is 6.66. The van der Waals surface area contributed by atoms with E-state index in [1.165, 1.54) is 0 Å². The average molecular weight is 334 g/mol. The minimum absolute atomic E-state index is 0.0352. The van der Waals surface area contributed by atoms with Gasteiger partial charge in [-0.15, -0.1) is 0 Å². The molecule has 5 heteroatoms. The summed E-state index contributed by atoms with van der Waals surface area (Å²) < 4.78 is 5.43. The molecule has 0 radical (unpaired) electrons. The number of piperidine rings is 1. The fourth-order valence-electron chi connectivity index (χ4n) is 2.44. The fraction of sp³-hybridized carbons (Fsp3) is 0.857. The third-order valence-electron chi connectivity index (χ3n) is 3.38. The molecule has 19 heavy (non-hydrogen) atoms. The molecule has 1 atom stereocenters.